The largest absolute Gasteiger partial charge is 0.298 e. The van der Waals surface area contributed by atoms with Crippen LogP contribution in [0.25, 0.3) is 0 Å². The molecule has 152 valence electrons. The third-order valence-corrected chi connectivity index (χ3v) is 6.62. The second-order valence-electron chi connectivity index (χ2n) is 6.22. The Labute approximate surface area is 177 Å². The lowest BCUT2D eigenvalue weighted by Gasteiger charge is -2.28. The maximum absolute atomic E-state index is 13.4. The van der Waals surface area contributed by atoms with Gasteiger partial charge >= 0.3 is 0 Å². The van der Waals surface area contributed by atoms with E-state index < -0.39 is 48.2 Å². The van der Waals surface area contributed by atoms with Gasteiger partial charge in [0.05, 0.1) is 4.92 Å². The van der Waals surface area contributed by atoms with Crippen molar-refractivity contribution in [2.24, 2.45) is 4.99 Å². The van der Waals surface area contributed by atoms with Gasteiger partial charge in [-0.3, -0.25) is 19.9 Å². The number of rotatable bonds is 6. The molecule has 0 fully saturated rings. The van der Waals surface area contributed by atoms with Gasteiger partial charge in [-0.25, -0.2) is 12.7 Å². The fourth-order valence-electron chi connectivity index (χ4n) is 3.19. The van der Waals surface area contributed by atoms with Crippen molar-refractivity contribution in [3.05, 3.63) is 70.3 Å². The van der Waals surface area contributed by atoms with E-state index in [0.717, 1.165) is 12.1 Å². The minimum atomic E-state index is -4.57. The van der Waals surface area contributed by atoms with Crippen LogP contribution in [0.2, 0.25) is 0 Å². The number of nitro groups is 1. The molecular formula is C18H15Cl2N3O5S. The average molecular weight is 456 g/mol. The van der Waals surface area contributed by atoms with Crippen molar-refractivity contribution >= 4 is 50.5 Å². The number of alkyl halides is 2. The van der Waals surface area contributed by atoms with Gasteiger partial charge in [-0.05, 0) is 18.6 Å². The molecule has 11 heteroatoms. The van der Waals surface area contributed by atoms with Crippen LogP contribution in [0.4, 0.5) is 5.69 Å². The Bertz CT molecular complexity index is 1090. The highest BCUT2D eigenvalue weighted by molar-refractivity contribution is 7.90. The summed E-state index contributed by atoms with van der Waals surface area (Å²) in [4.78, 5) is 25.4. The van der Waals surface area contributed by atoms with Crippen LogP contribution in [0.5, 0.6) is 0 Å². The van der Waals surface area contributed by atoms with E-state index in [1.54, 1.807) is 30.3 Å². The van der Waals surface area contributed by atoms with Crippen molar-refractivity contribution in [3.8, 4) is 0 Å². The molecular weight excluding hydrogens is 441 g/mol. The smallest absolute Gasteiger partial charge is 0.289 e. The van der Waals surface area contributed by atoms with Crippen molar-refractivity contribution in [1.29, 1.82) is 0 Å². The number of halogens is 2. The molecule has 0 unspecified atom stereocenters. The lowest BCUT2D eigenvalue weighted by Crippen LogP contribution is -2.47. The van der Waals surface area contributed by atoms with Crippen molar-refractivity contribution in [2.45, 2.75) is 28.7 Å². The summed E-state index contributed by atoms with van der Waals surface area (Å²) in [6.45, 7) is 1.22. The monoisotopic (exact) mass is 455 g/mol. The van der Waals surface area contributed by atoms with Crippen molar-refractivity contribution in [2.75, 3.05) is 0 Å². The Morgan fingerprint density at radius 2 is 1.72 bits per heavy atom. The molecule has 29 heavy (non-hydrogen) atoms. The number of amidine groups is 1. The molecule has 1 heterocycles. The van der Waals surface area contributed by atoms with E-state index >= 15 is 0 Å². The van der Waals surface area contributed by atoms with Gasteiger partial charge in [0.2, 0.25) is 0 Å². The second kappa shape index (κ2) is 8.10. The first-order chi connectivity index (χ1) is 13.7. The minimum Gasteiger partial charge on any atom is -0.298 e. The second-order valence-corrected chi connectivity index (χ2v) is 9.10. The van der Waals surface area contributed by atoms with Crippen LogP contribution in [0.1, 0.15) is 18.5 Å². The Morgan fingerprint density at radius 1 is 1.14 bits per heavy atom. The van der Waals surface area contributed by atoms with E-state index in [1.807, 2.05) is 0 Å². The Morgan fingerprint density at radius 3 is 2.28 bits per heavy atom. The Hall–Kier alpha value is -2.49. The molecule has 1 aliphatic heterocycles. The van der Waals surface area contributed by atoms with Crippen molar-refractivity contribution < 1.29 is 18.1 Å². The molecule has 0 spiro atoms. The topological polar surface area (TPSA) is 110 Å². The number of nitro benzene ring substituents is 1. The maximum Gasteiger partial charge on any atom is 0.289 e. The summed E-state index contributed by atoms with van der Waals surface area (Å²) in [5, 5.41) is 11.4. The van der Waals surface area contributed by atoms with E-state index in [0.29, 0.717) is 9.87 Å². The highest BCUT2D eigenvalue weighted by Crippen LogP contribution is 2.39. The summed E-state index contributed by atoms with van der Waals surface area (Å²) in [7, 11) is -4.57. The summed E-state index contributed by atoms with van der Waals surface area (Å²) in [6.07, 6.45) is 0. The van der Waals surface area contributed by atoms with E-state index in [9.17, 15) is 23.3 Å². The van der Waals surface area contributed by atoms with Gasteiger partial charge in [-0.2, -0.15) is 0 Å². The Kier molecular flexibility index (Phi) is 5.92. The van der Waals surface area contributed by atoms with E-state index in [1.165, 1.54) is 19.1 Å². The van der Waals surface area contributed by atoms with Gasteiger partial charge in [-0.15, -0.1) is 0 Å². The van der Waals surface area contributed by atoms with Gasteiger partial charge in [0, 0.05) is 6.07 Å². The molecule has 3 rings (SSSR count). The molecule has 0 bridgehead atoms. The summed E-state index contributed by atoms with van der Waals surface area (Å²) < 4.78 is 27.6. The number of Topliss-reactive ketones (excluding diaryl/α,β-unsaturated/α-hetero) is 1. The molecule has 0 N–H and O–H groups in total. The fourth-order valence-corrected chi connectivity index (χ4v) is 5.46. The van der Waals surface area contributed by atoms with E-state index in [4.69, 9.17) is 23.2 Å². The maximum atomic E-state index is 13.4. The molecule has 2 atom stereocenters. The lowest BCUT2D eigenvalue weighted by atomic mass is 9.98. The van der Waals surface area contributed by atoms with Crippen LogP contribution in [0, 0.1) is 10.1 Å². The van der Waals surface area contributed by atoms with Gasteiger partial charge in [0.1, 0.15) is 17.9 Å². The predicted molar refractivity (Wildman–Crippen MR) is 109 cm³/mol. The van der Waals surface area contributed by atoms with E-state index in [2.05, 4.69) is 4.99 Å². The van der Waals surface area contributed by atoms with Crippen LogP contribution in [-0.4, -0.2) is 40.1 Å². The third-order valence-electron chi connectivity index (χ3n) is 4.40. The minimum absolute atomic E-state index is 0.263. The summed E-state index contributed by atoms with van der Waals surface area (Å²) in [6, 6.07) is 11.3. The predicted octanol–water partition coefficient (Wildman–Crippen LogP) is 3.50. The number of ketones is 1. The van der Waals surface area contributed by atoms with Crippen molar-refractivity contribution in [3.63, 3.8) is 0 Å². The Balaban J connectivity index is 2.22. The van der Waals surface area contributed by atoms with Crippen LogP contribution >= 0.6 is 23.2 Å². The molecule has 0 saturated heterocycles. The number of sulfonamides is 1. The molecule has 0 radical (unpaired) electrons. The molecule has 0 aromatic heterocycles. The standard InChI is InChI=1S/C18H15Cl2N3O5S/c1-11(24)16-15(12-7-3-2-4-8-12)21-18(17(19)20)22(16)29(27,28)14-10-6-5-9-13(14)23(25)26/h2-10,15-17H,1H3/t15-,16-/m0/s1. The number of carbonyl (C=O) groups excluding carboxylic acids is 1. The number of benzene rings is 2. The SMILES string of the molecule is CC(=O)[C@H]1[C@H](c2ccccc2)N=C(C(Cl)Cl)N1S(=O)(=O)c1ccccc1[N+](=O)[O-]. The molecule has 2 aromatic carbocycles. The quantitative estimate of drug-likeness (QED) is 0.376. The van der Waals surface area contributed by atoms with Crippen LogP contribution in [0.3, 0.4) is 0 Å². The molecule has 0 saturated carbocycles. The van der Waals surface area contributed by atoms with Gasteiger partial charge < -0.3 is 0 Å². The molecule has 2 aromatic rings. The molecule has 0 aliphatic carbocycles. The zero-order valence-corrected chi connectivity index (χ0v) is 17.3. The highest BCUT2D eigenvalue weighted by atomic mass is 35.5. The van der Waals surface area contributed by atoms with Gasteiger partial charge in [0.15, 0.2) is 15.5 Å². The first-order valence-electron chi connectivity index (χ1n) is 8.35. The third kappa shape index (κ3) is 3.85. The summed E-state index contributed by atoms with van der Waals surface area (Å²) >= 11 is 12.0. The zero-order chi connectivity index (χ0) is 21.3. The molecule has 0 amide bonds. The number of carbonyl (C=O) groups is 1. The van der Waals surface area contributed by atoms with Crippen molar-refractivity contribution in [1.82, 2.24) is 4.31 Å². The number of hydrogen-bond donors (Lipinski definition) is 0. The average Bonchev–Trinajstić information content (AvgIpc) is 3.11. The van der Waals surface area contributed by atoms with Crippen LogP contribution in [-0.2, 0) is 14.8 Å². The highest BCUT2D eigenvalue weighted by Gasteiger charge is 2.49. The van der Waals surface area contributed by atoms with Crippen LogP contribution in [0.15, 0.2) is 64.5 Å². The van der Waals surface area contributed by atoms with E-state index in [-0.39, 0.29) is 5.84 Å². The molecule has 8 nitrogen and oxygen atoms in total. The normalized spacial score (nSPS) is 19.3. The number of para-hydroxylation sites is 1. The molecule has 1 aliphatic rings. The summed E-state index contributed by atoms with van der Waals surface area (Å²) in [5.74, 6) is -0.769. The lowest BCUT2D eigenvalue weighted by molar-refractivity contribution is -0.387. The van der Waals surface area contributed by atoms with Gasteiger partial charge in [0.25, 0.3) is 15.7 Å². The number of nitrogens with zero attached hydrogens (tertiary/aromatic N) is 3. The first-order valence-corrected chi connectivity index (χ1v) is 10.7. The number of aliphatic imine (C=N–C) groups is 1. The summed E-state index contributed by atoms with van der Waals surface area (Å²) in [5.41, 5.74) is -0.0440. The van der Waals surface area contributed by atoms with Crippen LogP contribution < -0.4 is 0 Å². The van der Waals surface area contributed by atoms with Gasteiger partial charge in [-0.1, -0.05) is 65.7 Å². The fraction of sp³-hybridized carbons (Fsp3) is 0.222. The number of hydrogen-bond acceptors (Lipinski definition) is 6. The zero-order valence-electron chi connectivity index (χ0n) is 15.0. The first kappa shape index (κ1) is 21.2.